The zero-order valence-corrected chi connectivity index (χ0v) is 10.7. The molecule has 2 unspecified atom stereocenters. The Bertz CT molecular complexity index is 415. The van der Waals surface area contributed by atoms with E-state index in [4.69, 9.17) is 4.74 Å². The number of nitrogens with one attached hydrogen (secondary N) is 1. The molecule has 1 saturated heterocycles. The minimum absolute atomic E-state index is 0.357. The fourth-order valence-electron chi connectivity index (χ4n) is 2.88. The number of ether oxygens (including phenoxy) is 1. The minimum atomic E-state index is 0.357. The van der Waals surface area contributed by atoms with E-state index in [9.17, 15) is 0 Å². The summed E-state index contributed by atoms with van der Waals surface area (Å²) in [5.74, 6) is 0.727. The van der Waals surface area contributed by atoms with Gasteiger partial charge < -0.3 is 10.1 Å². The van der Waals surface area contributed by atoms with Crippen molar-refractivity contribution in [3.05, 3.63) is 29.3 Å². The van der Waals surface area contributed by atoms with Crippen molar-refractivity contribution in [3.8, 4) is 0 Å². The summed E-state index contributed by atoms with van der Waals surface area (Å²) in [7, 11) is 0. The van der Waals surface area contributed by atoms with Gasteiger partial charge in [-0.2, -0.15) is 0 Å². The highest BCUT2D eigenvalue weighted by atomic mass is 16.5. The normalized spacial score (nSPS) is 26.9. The summed E-state index contributed by atoms with van der Waals surface area (Å²) < 4.78 is 5.98. The molecule has 0 radical (unpaired) electrons. The molecule has 1 fully saturated rings. The third-order valence-electron chi connectivity index (χ3n) is 4.17. The Labute approximate surface area is 103 Å². The molecular formula is C15H21NO. The first-order valence-electron chi connectivity index (χ1n) is 6.81. The van der Waals surface area contributed by atoms with E-state index < -0.39 is 0 Å². The van der Waals surface area contributed by atoms with Crippen molar-refractivity contribution < 1.29 is 4.74 Å². The summed E-state index contributed by atoms with van der Waals surface area (Å²) in [5, 5.41) is 3.60. The first-order valence-corrected chi connectivity index (χ1v) is 6.81. The van der Waals surface area contributed by atoms with Gasteiger partial charge in [-0.05, 0) is 30.4 Å². The maximum atomic E-state index is 5.98. The molecule has 0 aliphatic carbocycles. The standard InChI is InChI=1S/C15H21NO/c1-3-10(2)9-16-12-6-4-5-11-13-7-8-14(17-13)15(11)12/h4-6,10,13-14,16H,3,7-9H2,1-2H3/t10-,13?,14?/m0/s1. The Morgan fingerprint density at radius 3 is 3.00 bits per heavy atom. The molecule has 17 heavy (non-hydrogen) atoms. The lowest BCUT2D eigenvalue weighted by Crippen LogP contribution is -2.13. The van der Waals surface area contributed by atoms with Gasteiger partial charge in [0.05, 0.1) is 12.2 Å². The Hall–Kier alpha value is -1.02. The number of fused-ring (bicyclic) bond motifs is 5. The highest BCUT2D eigenvalue weighted by Gasteiger charge is 2.39. The predicted molar refractivity (Wildman–Crippen MR) is 70.2 cm³/mol. The van der Waals surface area contributed by atoms with E-state index in [1.165, 1.54) is 36.1 Å². The Morgan fingerprint density at radius 2 is 2.18 bits per heavy atom. The van der Waals surface area contributed by atoms with Gasteiger partial charge in [0.2, 0.25) is 0 Å². The molecule has 2 heterocycles. The van der Waals surface area contributed by atoms with Crippen LogP contribution >= 0.6 is 0 Å². The van der Waals surface area contributed by atoms with Crippen molar-refractivity contribution in [2.45, 2.75) is 45.3 Å². The molecule has 1 aromatic carbocycles. The first kappa shape index (κ1) is 11.1. The van der Waals surface area contributed by atoms with E-state index in [1.807, 2.05) is 0 Å². The van der Waals surface area contributed by atoms with Crippen LogP contribution in [0, 0.1) is 5.92 Å². The quantitative estimate of drug-likeness (QED) is 0.844. The maximum absolute atomic E-state index is 5.98. The predicted octanol–water partition coefficient (Wildman–Crippen LogP) is 4.05. The van der Waals surface area contributed by atoms with Crippen molar-refractivity contribution in [1.29, 1.82) is 0 Å². The van der Waals surface area contributed by atoms with Crippen molar-refractivity contribution in [2.24, 2.45) is 5.92 Å². The van der Waals surface area contributed by atoms with Crippen LogP contribution in [0.1, 0.15) is 56.4 Å². The zero-order valence-electron chi connectivity index (χ0n) is 10.7. The summed E-state index contributed by atoms with van der Waals surface area (Å²) in [6.45, 7) is 5.59. The Morgan fingerprint density at radius 1 is 1.35 bits per heavy atom. The Kier molecular flexibility index (Phi) is 2.83. The molecule has 3 rings (SSSR count). The van der Waals surface area contributed by atoms with E-state index in [1.54, 1.807) is 0 Å². The van der Waals surface area contributed by atoms with Crippen LogP contribution in [-0.4, -0.2) is 6.54 Å². The molecule has 0 spiro atoms. The SMILES string of the molecule is CC[C@H](C)CNc1cccc2c1C1CCC2O1. The molecule has 0 amide bonds. The van der Waals surface area contributed by atoms with Crippen LogP contribution in [0.3, 0.4) is 0 Å². The molecule has 3 atom stereocenters. The third kappa shape index (κ3) is 1.85. The molecule has 2 aliphatic heterocycles. The monoisotopic (exact) mass is 231 g/mol. The van der Waals surface area contributed by atoms with Crippen molar-refractivity contribution in [3.63, 3.8) is 0 Å². The van der Waals surface area contributed by atoms with Gasteiger partial charge in [-0.25, -0.2) is 0 Å². The van der Waals surface area contributed by atoms with Crippen molar-refractivity contribution in [2.75, 3.05) is 11.9 Å². The highest BCUT2D eigenvalue weighted by molar-refractivity contribution is 5.59. The van der Waals surface area contributed by atoms with Gasteiger partial charge in [0.25, 0.3) is 0 Å². The van der Waals surface area contributed by atoms with E-state index in [0.717, 1.165) is 12.5 Å². The van der Waals surface area contributed by atoms with Crippen LogP contribution in [0.25, 0.3) is 0 Å². The molecule has 92 valence electrons. The number of anilines is 1. The van der Waals surface area contributed by atoms with Crippen molar-refractivity contribution >= 4 is 5.69 Å². The van der Waals surface area contributed by atoms with E-state index >= 15 is 0 Å². The van der Waals surface area contributed by atoms with Crippen LogP contribution in [0.2, 0.25) is 0 Å². The average Bonchev–Trinajstić information content (AvgIpc) is 2.97. The molecule has 2 bridgehead atoms. The second kappa shape index (κ2) is 4.34. The molecule has 0 aromatic heterocycles. The lowest BCUT2D eigenvalue weighted by molar-refractivity contribution is 0.0718. The lowest BCUT2D eigenvalue weighted by atomic mass is 9.90. The zero-order chi connectivity index (χ0) is 11.8. The summed E-state index contributed by atoms with van der Waals surface area (Å²) in [6.07, 6.45) is 4.35. The van der Waals surface area contributed by atoms with E-state index in [0.29, 0.717) is 12.2 Å². The smallest absolute Gasteiger partial charge is 0.0858 e. The van der Waals surface area contributed by atoms with Gasteiger partial charge >= 0.3 is 0 Å². The van der Waals surface area contributed by atoms with Gasteiger partial charge in [-0.1, -0.05) is 32.4 Å². The molecule has 0 saturated carbocycles. The average molecular weight is 231 g/mol. The lowest BCUT2D eigenvalue weighted by Gasteiger charge is -2.18. The fraction of sp³-hybridized carbons (Fsp3) is 0.600. The van der Waals surface area contributed by atoms with E-state index in [-0.39, 0.29) is 0 Å². The van der Waals surface area contributed by atoms with Crippen LogP contribution in [0.4, 0.5) is 5.69 Å². The summed E-state index contributed by atoms with van der Waals surface area (Å²) in [5.41, 5.74) is 4.16. The first-order chi connectivity index (χ1) is 8.29. The fourth-order valence-corrected chi connectivity index (χ4v) is 2.88. The number of benzene rings is 1. The second-order valence-corrected chi connectivity index (χ2v) is 5.39. The largest absolute Gasteiger partial charge is 0.384 e. The molecule has 1 aromatic rings. The van der Waals surface area contributed by atoms with Crippen molar-refractivity contribution in [1.82, 2.24) is 0 Å². The second-order valence-electron chi connectivity index (χ2n) is 5.39. The number of hydrogen-bond acceptors (Lipinski definition) is 2. The van der Waals surface area contributed by atoms with Gasteiger partial charge in [0.1, 0.15) is 0 Å². The molecule has 2 aliphatic rings. The van der Waals surface area contributed by atoms with E-state index in [2.05, 4.69) is 37.4 Å². The molecule has 1 N–H and O–H groups in total. The topological polar surface area (TPSA) is 21.3 Å². The highest BCUT2D eigenvalue weighted by Crippen LogP contribution is 2.52. The van der Waals surface area contributed by atoms with Gasteiger partial charge in [-0.15, -0.1) is 0 Å². The summed E-state index contributed by atoms with van der Waals surface area (Å²) >= 11 is 0. The van der Waals surface area contributed by atoms with Gasteiger partial charge in [0.15, 0.2) is 0 Å². The van der Waals surface area contributed by atoms with Gasteiger partial charge in [-0.3, -0.25) is 0 Å². The molecule has 2 nitrogen and oxygen atoms in total. The number of hydrogen-bond donors (Lipinski definition) is 1. The number of rotatable bonds is 4. The van der Waals surface area contributed by atoms with Gasteiger partial charge in [0, 0.05) is 17.8 Å². The van der Waals surface area contributed by atoms with Crippen LogP contribution in [0.5, 0.6) is 0 Å². The maximum Gasteiger partial charge on any atom is 0.0858 e. The van der Waals surface area contributed by atoms with Crippen LogP contribution < -0.4 is 5.32 Å². The van der Waals surface area contributed by atoms with Crippen LogP contribution in [-0.2, 0) is 4.74 Å². The molecule has 2 heteroatoms. The minimum Gasteiger partial charge on any atom is -0.384 e. The summed E-state index contributed by atoms with van der Waals surface area (Å²) in [6, 6.07) is 6.58. The third-order valence-corrected chi connectivity index (χ3v) is 4.17. The summed E-state index contributed by atoms with van der Waals surface area (Å²) in [4.78, 5) is 0. The Balaban J connectivity index is 1.82. The molecular weight excluding hydrogens is 210 g/mol. The van der Waals surface area contributed by atoms with Crippen LogP contribution in [0.15, 0.2) is 18.2 Å².